The van der Waals surface area contributed by atoms with Gasteiger partial charge in [0.1, 0.15) is 6.10 Å². The van der Waals surface area contributed by atoms with E-state index in [1.165, 1.54) is 23.9 Å². The Morgan fingerprint density at radius 1 is 1.00 bits per heavy atom. The van der Waals surface area contributed by atoms with Gasteiger partial charge in [0, 0.05) is 0 Å². The van der Waals surface area contributed by atoms with E-state index in [4.69, 9.17) is 18.8 Å². The predicted octanol–water partition coefficient (Wildman–Crippen LogP) is 2.95. The first-order valence-corrected chi connectivity index (χ1v) is 9.06. The van der Waals surface area contributed by atoms with Crippen molar-refractivity contribution < 1.29 is 18.8 Å². The maximum absolute atomic E-state index is 6.32. The number of benzene rings is 1. The van der Waals surface area contributed by atoms with Crippen molar-refractivity contribution in [3.05, 3.63) is 29.3 Å². The first-order valence-electron chi connectivity index (χ1n) is 9.06. The van der Waals surface area contributed by atoms with Gasteiger partial charge in [0.15, 0.2) is 0 Å². The van der Waals surface area contributed by atoms with E-state index in [1.54, 1.807) is 0 Å². The van der Waals surface area contributed by atoms with Gasteiger partial charge in [-0.25, -0.2) is 0 Å². The van der Waals surface area contributed by atoms with E-state index >= 15 is 0 Å². The molecule has 4 rings (SSSR count). The van der Waals surface area contributed by atoms with Gasteiger partial charge >= 0.3 is 7.12 Å². The van der Waals surface area contributed by atoms with Gasteiger partial charge in [-0.2, -0.15) is 0 Å². The third-order valence-electron chi connectivity index (χ3n) is 5.82. The Morgan fingerprint density at radius 3 is 2.29 bits per heavy atom. The van der Waals surface area contributed by atoms with E-state index in [1.807, 2.05) is 0 Å². The van der Waals surface area contributed by atoms with E-state index in [-0.39, 0.29) is 24.4 Å². The first kappa shape index (κ1) is 16.6. The Balaban J connectivity index is 1.67. The molecule has 0 spiro atoms. The summed E-state index contributed by atoms with van der Waals surface area (Å²) < 4.78 is 24.1. The Labute approximate surface area is 145 Å². The van der Waals surface area contributed by atoms with Gasteiger partial charge in [0.05, 0.1) is 31.0 Å². The average Bonchev–Trinajstić information content (AvgIpc) is 3.35. The molecule has 5 heteroatoms. The normalized spacial score (nSPS) is 29.0. The smallest absolute Gasteiger partial charge is 0.399 e. The Morgan fingerprint density at radius 2 is 1.71 bits per heavy atom. The van der Waals surface area contributed by atoms with Gasteiger partial charge in [-0.3, -0.25) is 0 Å². The van der Waals surface area contributed by atoms with Crippen LogP contribution in [0.3, 0.4) is 0 Å². The fourth-order valence-electron chi connectivity index (χ4n) is 3.41. The minimum Gasteiger partial charge on any atom is -0.399 e. The van der Waals surface area contributed by atoms with Gasteiger partial charge in [-0.05, 0) is 63.0 Å². The number of hydrogen-bond donors (Lipinski definition) is 0. The van der Waals surface area contributed by atoms with E-state index in [9.17, 15) is 0 Å². The van der Waals surface area contributed by atoms with Crippen molar-refractivity contribution in [1.29, 1.82) is 0 Å². The molecule has 2 saturated heterocycles. The highest BCUT2D eigenvalue weighted by Gasteiger charge is 2.52. The molecule has 3 fully saturated rings. The van der Waals surface area contributed by atoms with Crippen LogP contribution in [-0.4, -0.2) is 38.1 Å². The van der Waals surface area contributed by atoms with Gasteiger partial charge in [0.2, 0.25) is 0 Å². The topological polar surface area (TPSA) is 36.9 Å². The van der Waals surface area contributed by atoms with Crippen molar-refractivity contribution in [3.63, 3.8) is 0 Å². The summed E-state index contributed by atoms with van der Waals surface area (Å²) in [6.45, 7) is 10.4. The van der Waals surface area contributed by atoms with Crippen molar-refractivity contribution in [2.75, 3.05) is 19.8 Å². The van der Waals surface area contributed by atoms with Gasteiger partial charge in [0.25, 0.3) is 0 Å². The molecule has 2 heterocycles. The second-order valence-electron chi connectivity index (χ2n) is 8.19. The maximum Gasteiger partial charge on any atom is 0.495 e. The number of hydrogen-bond acceptors (Lipinski definition) is 4. The van der Waals surface area contributed by atoms with Crippen LogP contribution in [0.15, 0.2) is 18.2 Å². The van der Waals surface area contributed by atoms with Gasteiger partial charge < -0.3 is 18.8 Å². The standard InChI is InChI=1S/C19H27BO4/c1-18(2)19(3,4)24-20(23-18)16-11-14(17-12-21-9-10-22-17)7-8-15(16)13-5-6-13/h7-8,11,13,17H,5-6,9-10,12H2,1-4H3. The molecular weight excluding hydrogens is 303 g/mol. The molecule has 1 aliphatic carbocycles. The molecule has 0 aromatic heterocycles. The number of rotatable bonds is 3. The molecule has 0 radical (unpaired) electrons. The monoisotopic (exact) mass is 330 g/mol. The summed E-state index contributed by atoms with van der Waals surface area (Å²) in [7, 11) is -0.310. The summed E-state index contributed by atoms with van der Waals surface area (Å²) >= 11 is 0. The Bertz CT molecular complexity index is 602. The summed E-state index contributed by atoms with van der Waals surface area (Å²) in [4.78, 5) is 0. The van der Waals surface area contributed by atoms with Crippen LogP contribution >= 0.6 is 0 Å². The van der Waals surface area contributed by atoms with Crippen LogP contribution < -0.4 is 5.46 Å². The molecule has 0 amide bonds. The van der Waals surface area contributed by atoms with Gasteiger partial charge in [-0.1, -0.05) is 18.2 Å². The van der Waals surface area contributed by atoms with Crippen molar-refractivity contribution in [3.8, 4) is 0 Å². The summed E-state index contributed by atoms with van der Waals surface area (Å²) in [6, 6.07) is 6.64. The van der Waals surface area contributed by atoms with Gasteiger partial charge in [-0.15, -0.1) is 0 Å². The van der Waals surface area contributed by atoms with E-state index < -0.39 is 0 Å². The largest absolute Gasteiger partial charge is 0.495 e. The van der Waals surface area contributed by atoms with Crippen LogP contribution in [0.5, 0.6) is 0 Å². The third-order valence-corrected chi connectivity index (χ3v) is 5.82. The van der Waals surface area contributed by atoms with Crippen LogP contribution in [0.2, 0.25) is 0 Å². The number of ether oxygens (including phenoxy) is 2. The second-order valence-corrected chi connectivity index (χ2v) is 8.19. The molecule has 1 aromatic rings. The summed E-state index contributed by atoms with van der Waals surface area (Å²) in [5.41, 5.74) is 3.05. The summed E-state index contributed by atoms with van der Waals surface area (Å²) in [5, 5.41) is 0. The highest BCUT2D eigenvalue weighted by Crippen LogP contribution is 2.42. The molecule has 2 aliphatic heterocycles. The molecule has 3 aliphatic rings. The highest BCUT2D eigenvalue weighted by atomic mass is 16.7. The van der Waals surface area contributed by atoms with Crippen LogP contribution in [-0.2, 0) is 18.8 Å². The lowest BCUT2D eigenvalue weighted by Gasteiger charge is -2.32. The predicted molar refractivity (Wildman–Crippen MR) is 93.6 cm³/mol. The van der Waals surface area contributed by atoms with Crippen molar-refractivity contribution >= 4 is 12.6 Å². The molecule has 1 aromatic carbocycles. The molecule has 0 N–H and O–H groups in total. The molecule has 24 heavy (non-hydrogen) atoms. The zero-order valence-corrected chi connectivity index (χ0v) is 15.1. The van der Waals surface area contributed by atoms with Crippen LogP contribution in [0.1, 0.15) is 63.7 Å². The summed E-state index contributed by atoms with van der Waals surface area (Å²) in [5.74, 6) is 0.650. The lowest BCUT2D eigenvalue weighted by atomic mass is 9.73. The van der Waals surface area contributed by atoms with Crippen molar-refractivity contribution in [2.45, 2.75) is 63.8 Å². The average molecular weight is 330 g/mol. The Kier molecular flexibility index (Phi) is 4.03. The van der Waals surface area contributed by atoms with E-state index in [0.717, 1.165) is 5.56 Å². The molecule has 4 nitrogen and oxygen atoms in total. The van der Waals surface area contributed by atoms with Crippen LogP contribution in [0.25, 0.3) is 0 Å². The lowest BCUT2D eigenvalue weighted by molar-refractivity contribution is -0.0901. The molecule has 1 saturated carbocycles. The third kappa shape index (κ3) is 2.92. The van der Waals surface area contributed by atoms with E-state index in [0.29, 0.717) is 25.7 Å². The minimum atomic E-state index is -0.320. The van der Waals surface area contributed by atoms with Crippen LogP contribution in [0, 0.1) is 0 Å². The lowest BCUT2D eigenvalue weighted by Crippen LogP contribution is -2.41. The highest BCUT2D eigenvalue weighted by molar-refractivity contribution is 6.62. The molecular formula is C19H27BO4. The fourth-order valence-corrected chi connectivity index (χ4v) is 3.41. The zero-order valence-electron chi connectivity index (χ0n) is 15.1. The van der Waals surface area contributed by atoms with Crippen LogP contribution in [0.4, 0.5) is 0 Å². The first-order chi connectivity index (χ1) is 11.4. The molecule has 0 bridgehead atoms. The summed E-state index contributed by atoms with van der Waals surface area (Å²) in [6.07, 6.45) is 2.53. The Hall–Kier alpha value is -0.875. The van der Waals surface area contributed by atoms with Crippen molar-refractivity contribution in [1.82, 2.24) is 0 Å². The zero-order chi connectivity index (χ0) is 16.9. The minimum absolute atomic E-state index is 0.00757. The SMILES string of the molecule is CC1(C)OB(c2cc(C3COCCO3)ccc2C2CC2)OC1(C)C. The maximum atomic E-state index is 6.32. The second kappa shape index (κ2) is 5.84. The van der Waals surface area contributed by atoms with Crippen molar-refractivity contribution in [2.24, 2.45) is 0 Å². The quantitative estimate of drug-likeness (QED) is 0.799. The molecule has 1 atom stereocenters. The molecule has 1 unspecified atom stereocenters. The molecule has 130 valence electrons. The fraction of sp³-hybridized carbons (Fsp3) is 0.684. The van der Waals surface area contributed by atoms with E-state index in [2.05, 4.69) is 45.9 Å².